The molecule has 9 heteroatoms. The summed E-state index contributed by atoms with van der Waals surface area (Å²) in [6.45, 7) is 1.21. The third kappa shape index (κ3) is 5.45. The fourth-order valence-electron chi connectivity index (χ4n) is 2.54. The third-order valence-corrected chi connectivity index (χ3v) is 3.73. The predicted octanol–water partition coefficient (Wildman–Crippen LogP) is 4.21. The molecule has 1 N–H and O–H groups in total. The van der Waals surface area contributed by atoms with E-state index in [1.54, 1.807) is 0 Å². The lowest BCUT2D eigenvalue weighted by Crippen LogP contribution is -2.14. The number of halogens is 4. The van der Waals surface area contributed by atoms with Crippen molar-refractivity contribution in [3.8, 4) is 5.75 Å². The van der Waals surface area contributed by atoms with Gasteiger partial charge in [0.1, 0.15) is 17.1 Å². The van der Waals surface area contributed by atoms with Crippen molar-refractivity contribution in [2.24, 2.45) is 0 Å². The molecule has 0 fully saturated rings. The van der Waals surface area contributed by atoms with Crippen molar-refractivity contribution in [2.45, 2.75) is 19.5 Å². The lowest BCUT2D eigenvalue weighted by molar-refractivity contribution is -0.138. The monoisotopic (exact) mass is 399 g/mol. The van der Waals surface area contributed by atoms with Gasteiger partial charge in [0.25, 0.3) is 0 Å². The Morgan fingerprint density at radius 3 is 2.43 bits per heavy atom. The van der Waals surface area contributed by atoms with E-state index in [9.17, 15) is 27.2 Å². The molecule has 0 aliphatic heterocycles. The van der Waals surface area contributed by atoms with E-state index < -0.39 is 29.5 Å². The average Bonchev–Trinajstić information content (AvgIpc) is 2.60. The molecule has 0 aliphatic carbocycles. The predicted molar refractivity (Wildman–Crippen MR) is 92.7 cm³/mol. The van der Waals surface area contributed by atoms with E-state index in [4.69, 9.17) is 4.74 Å². The quantitative estimate of drug-likeness (QED) is 0.448. The molecule has 0 aliphatic rings. The van der Waals surface area contributed by atoms with Gasteiger partial charge in [0, 0.05) is 19.2 Å². The molecule has 0 radical (unpaired) electrons. The van der Waals surface area contributed by atoms with Crippen LogP contribution in [0.25, 0.3) is 0 Å². The van der Waals surface area contributed by atoms with Gasteiger partial charge in [-0.2, -0.15) is 13.2 Å². The molecule has 0 heterocycles. The molecule has 5 nitrogen and oxygen atoms in total. The first-order valence-corrected chi connectivity index (χ1v) is 8.12. The van der Waals surface area contributed by atoms with E-state index in [2.05, 4.69) is 10.1 Å². The topological polar surface area (TPSA) is 64.6 Å². The highest BCUT2D eigenvalue weighted by molar-refractivity contribution is 5.94. The van der Waals surface area contributed by atoms with Crippen LogP contribution in [0.15, 0.2) is 36.4 Å². The molecule has 2 aromatic carbocycles. The van der Waals surface area contributed by atoms with Gasteiger partial charge in [-0.05, 0) is 48.4 Å². The largest absolute Gasteiger partial charge is 0.465 e. The average molecular weight is 399 g/mol. The summed E-state index contributed by atoms with van der Waals surface area (Å²) in [5, 5.41) is 2.85. The smallest absolute Gasteiger partial charge is 0.416 e. The van der Waals surface area contributed by atoms with Gasteiger partial charge in [-0.25, -0.2) is 9.18 Å². The molecule has 0 saturated heterocycles. The summed E-state index contributed by atoms with van der Waals surface area (Å²) in [7, 11) is 1.16. The van der Waals surface area contributed by atoms with E-state index in [-0.39, 0.29) is 29.8 Å². The summed E-state index contributed by atoms with van der Waals surface area (Å²) < 4.78 is 62.0. The molecule has 2 aromatic rings. The van der Waals surface area contributed by atoms with Crippen LogP contribution in [0.5, 0.6) is 5.75 Å². The summed E-state index contributed by atoms with van der Waals surface area (Å²) in [6, 6.07) is 6.50. The Kier molecular flexibility index (Phi) is 6.61. The highest BCUT2D eigenvalue weighted by Gasteiger charge is 2.33. The molecule has 0 bridgehead atoms. The Bertz CT molecular complexity index is 881. The van der Waals surface area contributed by atoms with Crippen molar-refractivity contribution in [3.63, 3.8) is 0 Å². The minimum atomic E-state index is -4.59. The minimum absolute atomic E-state index is 0.00520. The fourth-order valence-corrected chi connectivity index (χ4v) is 2.54. The zero-order valence-electron chi connectivity index (χ0n) is 15.0. The van der Waals surface area contributed by atoms with Gasteiger partial charge in [0.05, 0.1) is 12.7 Å². The first-order valence-electron chi connectivity index (χ1n) is 8.12. The highest BCUT2D eigenvalue weighted by atomic mass is 19.4. The summed E-state index contributed by atoms with van der Waals surface area (Å²) in [5.74, 6) is -2.14. The first kappa shape index (κ1) is 21.2. The number of rotatable bonds is 6. The number of hydrogen-bond acceptors (Lipinski definition) is 5. The standard InChI is InChI=1S/C19H17F4NO4/c1-11(25)28-17-6-4-14(10-15(17)18(26)27-2)24-8-7-12-9-13(20)3-5-16(12)19(21,22)23/h3-6,9-10,24H,7-8H2,1-2H3. The Labute approximate surface area is 158 Å². The number of carbonyl (C=O) groups excluding carboxylic acids is 2. The van der Waals surface area contributed by atoms with Crippen molar-refractivity contribution in [2.75, 3.05) is 19.0 Å². The summed E-state index contributed by atoms with van der Waals surface area (Å²) in [6.07, 6.45) is -4.70. The molecule has 0 saturated carbocycles. The molecular formula is C19H17F4NO4. The van der Waals surface area contributed by atoms with Crippen molar-refractivity contribution >= 4 is 17.6 Å². The Morgan fingerprint density at radius 2 is 1.82 bits per heavy atom. The zero-order valence-corrected chi connectivity index (χ0v) is 15.0. The van der Waals surface area contributed by atoms with Gasteiger partial charge in [-0.3, -0.25) is 4.79 Å². The van der Waals surface area contributed by atoms with Gasteiger partial charge < -0.3 is 14.8 Å². The van der Waals surface area contributed by atoms with Crippen LogP contribution in [0.1, 0.15) is 28.4 Å². The number of methoxy groups -OCH3 is 1. The number of ether oxygens (including phenoxy) is 2. The molecule has 0 unspecified atom stereocenters. The molecule has 0 spiro atoms. The summed E-state index contributed by atoms with van der Waals surface area (Å²) in [5.41, 5.74) is -0.730. The van der Waals surface area contributed by atoms with E-state index in [0.717, 1.165) is 19.2 Å². The van der Waals surface area contributed by atoms with Crippen LogP contribution in [-0.2, 0) is 22.1 Å². The number of alkyl halides is 3. The second kappa shape index (κ2) is 8.73. The van der Waals surface area contributed by atoms with Crippen molar-refractivity contribution in [1.82, 2.24) is 0 Å². The minimum Gasteiger partial charge on any atom is -0.465 e. The van der Waals surface area contributed by atoms with E-state index in [1.807, 2.05) is 0 Å². The van der Waals surface area contributed by atoms with Crippen LogP contribution in [0.2, 0.25) is 0 Å². The normalized spacial score (nSPS) is 11.1. The first-order chi connectivity index (χ1) is 13.1. The second-order valence-electron chi connectivity index (χ2n) is 5.77. The molecule has 28 heavy (non-hydrogen) atoms. The van der Waals surface area contributed by atoms with E-state index in [0.29, 0.717) is 11.8 Å². The molecule has 2 rings (SSSR count). The van der Waals surface area contributed by atoms with Gasteiger partial charge in [0.15, 0.2) is 0 Å². The van der Waals surface area contributed by atoms with Gasteiger partial charge in [0.2, 0.25) is 0 Å². The van der Waals surface area contributed by atoms with Gasteiger partial charge in [-0.1, -0.05) is 0 Å². The molecular weight excluding hydrogens is 382 g/mol. The fraction of sp³-hybridized carbons (Fsp3) is 0.263. The number of hydrogen-bond donors (Lipinski definition) is 1. The SMILES string of the molecule is COC(=O)c1cc(NCCc2cc(F)ccc2C(F)(F)F)ccc1OC(C)=O. The van der Waals surface area contributed by atoms with Gasteiger partial charge >= 0.3 is 18.1 Å². The van der Waals surface area contributed by atoms with E-state index >= 15 is 0 Å². The van der Waals surface area contributed by atoms with Gasteiger partial charge in [-0.15, -0.1) is 0 Å². The van der Waals surface area contributed by atoms with Crippen LogP contribution in [0, 0.1) is 5.82 Å². The van der Waals surface area contributed by atoms with Crippen LogP contribution in [-0.4, -0.2) is 25.6 Å². The highest BCUT2D eigenvalue weighted by Crippen LogP contribution is 2.32. The van der Waals surface area contributed by atoms with E-state index in [1.165, 1.54) is 25.1 Å². The van der Waals surface area contributed by atoms with Crippen LogP contribution in [0.4, 0.5) is 23.2 Å². The maximum absolute atomic E-state index is 13.3. The lowest BCUT2D eigenvalue weighted by Gasteiger charge is -2.14. The lowest BCUT2D eigenvalue weighted by atomic mass is 10.0. The third-order valence-electron chi connectivity index (χ3n) is 3.73. The van der Waals surface area contributed by atoms with Crippen molar-refractivity contribution < 1.29 is 36.6 Å². The number of benzene rings is 2. The number of carbonyl (C=O) groups is 2. The van der Waals surface area contributed by atoms with Crippen molar-refractivity contribution in [1.29, 1.82) is 0 Å². The Balaban J connectivity index is 2.16. The van der Waals surface area contributed by atoms with Crippen LogP contribution >= 0.6 is 0 Å². The maximum atomic E-state index is 13.3. The molecule has 0 atom stereocenters. The number of nitrogens with one attached hydrogen (secondary N) is 1. The van der Waals surface area contributed by atoms with Crippen LogP contribution < -0.4 is 10.1 Å². The molecule has 150 valence electrons. The second-order valence-corrected chi connectivity index (χ2v) is 5.77. The maximum Gasteiger partial charge on any atom is 0.416 e. The molecule has 0 aromatic heterocycles. The number of esters is 2. The zero-order chi connectivity index (χ0) is 20.9. The summed E-state index contributed by atoms with van der Waals surface area (Å²) >= 11 is 0. The Hall–Kier alpha value is -3.10. The van der Waals surface area contributed by atoms with Crippen LogP contribution in [0.3, 0.4) is 0 Å². The number of anilines is 1. The summed E-state index contributed by atoms with van der Waals surface area (Å²) in [4.78, 5) is 23.0. The molecule has 0 amide bonds. The van der Waals surface area contributed by atoms with Crippen molar-refractivity contribution in [3.05, 3.63) is 58.9 Å². The Morgan fingerprint density at radius 1 is 1.11 bits per heavy atom.